The summed E-state index contributed by atoms with van der Waals surface area (Å²) in [6, 6.07) is 0. The lowest BCUT2D eigenvalue weighted by atomic mass is 9.99. The first-order valence-electron chi connectivity index (χ1n) is 6.46. The Hall–Kier alpha value is 0.210. The number of ether oxygens (including phenoxy) is 1. The van der Waals surface area contributed by atoms with Crippen molar-refractivity contribution in [2.45, 2.75) is 52.2 Å². The minimum Gasteiger partial charge on any atom is -0.368 e. The van der Waals surface area contributed by atoms with Gasteiger partial charge in [0.1, 0.15) is 0 Å². The largest absolute Gasteiger partial charge is 0.368 e. The van der Waals surface area contributed by atoms with E-state index in [1.54, 1.807) is 0 Å². The number of morpholine rings is 1. The lowest BCUT2D eigenvalue weighted by molar-refractivity contribution is -0.129. The maximum Gasteiger partial charge on any atom is 0.0844 e. The Bertz CT molecular complexity index is 204. The van der Waals surface area contributed by atoms with Gasteiger partial charge in [0.2, 0.25) is 0 Å². The minimum atomic E-state index is -0.0517. The molecule has 96 valence electrons. The Kier molecular flexibility index (Phi) is 5.55. The van der Waals surface area contributed by atoms with Crippen molar-refractivity contribution in [2.75, 3.05) is 25.5 Å². The molecule has 1 rings (SSSR count). The van der Waals surface area contributed by atoms with Crippen molar-refractivity contribution in [1.82, 2.24) is 4.90 Å². The number of nitrogens with zero attached hydrogens (tertiary/aromatic N) is 1. The van der Waals surface area contributed by atoms with E-state index in [0.717, 1.165) is 19.0 Å². The monoisotopic (exact) mass is 247 g/mol. The van der Waals surface area contributed by atoms with Gasteiger partial charge in [-0.3, -0.25) is 4.90 Å². The molecular formula is C13H26ClNO. The van der Waals surface area contributed by atoms with Gasteiger partial charge in [0, 0.05) is 25.5 Å². The highest BCUT2D eigenvalue weighted by molar-refractivity contribution is 6.18. The summed E-state index contributed by atoms with van der Waals surface area (Å²) < 4.78 is 5.93. The van der Waals surface area contributed by atoms with E-state index in [-0.39, 0.29) is 11.7 Å². The molecule has 3 heteroatoms. The van der Waals surface area contributed by atoms with Gasteiger partial charge in [-0.25, -0.2) is 0 Å². The zero-order valence-electron chi connectivity index (χ0n) is 11.1. The summed E-state index contributed by atoms with van der Waals surface area (Å²) in [6.07, 6.45) is 2.72. The quantitative estimate of drug-likeness (QED) is 0.692. The summed E-state index contributed by atoms with van der Waals surface area (Å²) in [5.74, 6) is 1.41. The van der Waals surface area contributed by atoms with Crippen molar-refractivity contribution in [1.29, 1.82) is 0 Å². The van der Waals surface area contributed by atoms with Crippen molar-refractivity contribution in [3.8, 4) is 0 Å². The van der Waals surface area contributed by atoms with Crippen LogP contribution in [0.5, 0.6) is 0 Å². The van der Waals surface area contributed by atoms with E-state index in [9.17, 15) is 0 Å². The molecule has 0 aromatic heterocycles. The molecule has 0 aromatic rings. The molecule has 0 bridgehead atoms. The Morgan fingerprint density at radius 1 is 1.38 bits per heavy atom. The third-order valence-corrected chi connectivity index (χ3v) is 3.74. The number of hydrogen-bond acceptors (Lipinski definition) is 2. The fourth-order valence-corrected chi connectivity index (χ4v) is 2.71. The normalized spacial score (nSPS) is 26.2. The van der Waals surface area contributed by atoms with Crippen molar-refractivity contribution in [2.24, 2.45) is 5.92 Å². The molecule has 1 aliphatic heterocycles. The second kappa shape index (κ2) is 6.23. The van der Waals surface area contributed by atoms with E-state index in [4.69, 9.17) is 16.3 Å². The van der Waals surface area contributed by atoms with Gasteiger partial charge in [-0.05, 0) is 19.8 Å². The molecule has 16 heavy (non-hydrogen) atoms. The van der Waals surface area contributed by atoms with Gasteiger partial charge < -0.3 is 4.74 Å². The van der Waals surface area contributed by atoms with Crippen molar-refractivity contribution < 1.29 is 4.74 Å². The zero-order valence-corrected chi connectivity index (χ0v) is 11.9. The van der Waals surface area contributed by atoms with Crippen LogP contribution in [0.4, 0.5) is 0 Å². The van der Waals surface area contributed by atoms with Crippen LogP contribution in [0.15, 0.2) is 0 Å². The molecule has 0 amide bonds. The van der Waals surface area contributed by atoms with Crippen molar-refractivity contribution >= 4 is 11.6 Å². The second-order valence-corrected chi connectivity index (χ2v) is 5.84. The summed E-state index contributed by atoms with van der Waals surface area (Å²) in [7, 11) is 0. The maximum atomic E-state index is 5.93. The van der Waals surface area contributed by atoms with E-state index < -0.39 is 0 Å². The van der Waals surface area contributed by atoms with Crippen molar-refractivity contribution in [3.05, 3.63) is 0 Å². The van der Waals surface area contributed by atoms with Gasteiger partial charge in [-0.1, -0.05) is 26.7 Å². The number of rotatable bonds is 5. The van der Waals surface area contributed by atoms with Gasteiger partial charge >= 0.3 is 0 Å². The van der Waals surface area contributed by atoms with Crippen LogP contribution in [0.3, 0.4) is 0 Å². The molecule has 2 nitrogen and oxygen atoms in total. The molecule has 0 spiro atoms. The summed E-state index contributed by atoms with van der Waals surface area (Å²) >= 11 is 5.93. The standard InChI is InChI=1S/C13H26ClNO/c1-5-11(6-2)8-15-9-12(7-14)16-13(3,4)10-15/h11-12H,5-10H2,1-4H3. The van der Waals surface area contributed by atoms with Gasteiger partial charge in [0.25, 0.3) is 0 Å². The molecule has 0 aliphatic carbocycles. The molecule has 1 atom stereocenters. The lowest BCUT2D eigenvalue weighted by Gasteiger charge is -2.43. The number of hydrogen-bond donors (Lipinski definition) is 0. The first-order chi connectivity index (χ1) is 7.50. The summed E-state index contributed by atoms with van der Waals surface area (Å²) in [5.41, 5.74) is -0.0517. The van der Waals surface area contributed by atoms with Gasteiger partial charge in [-0.2, -0.15) is 0 Å². The molecule has 0 aromatic carbocycles. The number of halogens is 1. The highest BCUT2D eigenvalue weighted by Crippen LogP contribution is 2.23. The first-order valence-corrected chi connectivity index (χ1v) is 7.00. The lowest BCUT2D eigenvalue weighted by Crippen LogP contribution is -2.54. The predicted molar refractivity (Wildman–Crippen MR) is 70.2 cm³/mol. The molecule has 1 heterocycles. The Labute approximate surface area is 105 Å². The van der Waals surface area contributed by atoms with E-state index >= 15 is 0 Å². The molecule has 0 radical (unpaired) electrons. The third kappa shape index (κ3) is 4.23. The molecule has 1 unspecified atom stereocenters. The zero-order chi connectivity index (χ0) is 12.2. The third-order valence-electron chi connectivity index (χ3n) is 3.40. The Balaban J connectivity index is 2.52. The molecule has 1 fully saturated rings. The molecule has 0 N–H and O–H groups in total. The minimum absolute atomic E-state index is 0.0517. The van der Waals surface area contributed by atoms with Crippen LogP contribution in [0.2, 0.25) is 0 Å². The smallest absolute Gasteiger partial charge is 0.0844 e. The summed E-state index contributed by atoms with van der Waals surface area (Å²) in [4.78, 5) is 2.52. The topological polar surface area (TPSA) is 12.5 Å². The predicted octanol–water partition coefficient (Wildman–Crippen LogP) is 3.14. The molecular weight excluding hydrogens is 222 g/mol. The second-order valence-electron chi connectivity index (χ2n) is 5.53. The van der Waals surface area contributed by atoms with Crippen LogP contribution in [-0.4, -0.2) is 42.1 Å². The SMILES string of the molecule is CCC(CC)CN1CC(CCl)OC(C)(C)C1. The Morgan fingerprint density at radius 2 is 2.00 bits per heavy atom. The average molecular weight is 248 g/mol. The van der Waals surface area contributed by atoms with E-state index in [2.05, 4.69) is 32.6 Å². The van der Waals surface area contributed by atoms with E-state index in [1.807, 2.05) is 0 Å². The van der Waals surface area contributed by atoms with Crippen LogP contribution >= 0.6 is 11.6 Å². The number of alkyl halides is 1. The first kappa shape index (κ1) is 14.3. The van der Waals surface area contributed by atoms with E-state index in [0.29, 0.717) is 5.88 Å². The highest BCUT2D eigenvalue weighted by Gasteiger charge is 2.33. The van der Waals surface area contributed by atoms with Crippen LogP contribution in [0, 0.1) is 5.92 Å². The van der Waals surface area contributed by atoms with Crippen molar-refractivity contribution in [3.63, 3.8) is 0 Å². The van der Waals surface area contributed by atoms with Crippen LogP contribution in [0.25, 0.3) is 0 Å². The molecule has 1 saturated heterocycles. The highest BCUT2D eigenvalue weighted by atomic mass is 35.5. The van der Waals surface area contributed by atoms with Crippen LogP contribution < -0.4 is 0 Å². The van der Waals surface area contributed by atoms with Crippen LogP contribution in [-0.2, 0) is 4.74 Å². The van der Waals surface area contributed by atoms with Crippen LogP contribution in [0.1, 0.15) is 40.5 Å². The van der Waals surface area contributed by atoms with Gasteiger partial charge in [0.15, 0.2) is 0 Å². The fraction of sp³-hybridized carbons (Fsp3) is 1.00. The summed E-state index contributed by atoms with van der Waals surface area (Å²) in [6.45, 7) is 12.1. The van der Waals surface area contributed by atoms with Gasteiger partial charge in [0.05, 0.1) is 11.7 Å². The Morgan fingerprint density at radius 3 is 2.50 bits per heavy atom. The summed E-state index contributed by atoms with van der Waals surface area (Å²) in [5, 5.41) is 0. The van der Waals surface area contributed by atoms with Gasteiger partial charge in [-0.15, -0.1) is 11.6 Å². The maximum absolute atomic E-state index is 5.93. The fourth-order valence-electron chi connectivity index (χ4n) is 2.55. The molecule has 1 aliphatic rings. The van der Waals surface area contributed by atoms with E-state index in [1.165, 1.54) is 19.4 Å². The molecule has 0 saturated carbocycles. The average Bonchev–Trinajstić information content (AvgIpc) is 2.23.